The van der Waals surface area contributed by atoms with Crippen LogP contribution in [0, 0.1) is 0 Å². The lowest BCUT2D eigenvalue weighted by molar-refractivity contribution is -0.136. The van der Waals surface area contributed by atoms with Gasteiger partial charge in [0, 0.05) is 17.9 Å². The smallest absolute Gasteiger partial charge is 0.408 e. The third kappa shape index (κ3) is 5.67. The van der Waals surface area contributed by atoms with E-state index < -0.39 is 23.7 Å². The van der Waals surface area contributed by atoms with Crippen molar-refractivity contribution < 1.29 is 23.5 Å². The summed E-state index contributed by atoms with van der Waals surface area (Å²) < 4.78 is 16.4. The van der Waals surface area contributed by atoms with Crippen LogP contribution < -0.4 is 15.7 Å². The molecule has 1 aromatic heterocycles. The fraction of sp³-hybridized carbons (Fsp3) is 0.100. The molecule has 0 aliphatic heterocycles. The Kier molecular flexibility index (Phi) is 6.94. The van der Waals surface area contributed by atoms with Gasteiger partial charge in [0.2, 0.25) is 0 Å². The Morgan fingerprint density at radius 1 is 0.757 bits per heavy atom. The largest absolute Gasteiger partial charge is 0.445 e. The molecule has 1 N–H and O–H groups in total. The highest BCUT2D eigenvalue weighted by Crippen LogP contribution is 2.26. The van der Waals surface area contributed by atoms with Crippen molar-refractivity contribution in [1.82, 2.24) is 5.32 Å². The fourth-order valence-electron chi connectivity index (χ4n) is 4.06. The van der Waals surface area contributed by atoms with Gasteiger partial charge in [-0.3, -0.25) is 0 Å². The van der Waals surface area contributed by atoms with Crippen molar-refractivity contribution in [2.75, 3.05) is 0 Å². The molecule has 0 saturated heterocycles. The molecule has 0 aliphatic carbocycles. The minimum atomic E-state index is -1.01. The molecule has 5 rings (SSSR count). The number of benzene rings is 4. The lowest BCUT2D eigenvalue weighted by Crippen LogP contribution is -2.44. The first kappa shape index (κ1) is 23.8. The van der Waals surface area contributed by atoms with Crippen molar-refractivity contribution in [3.05, 3.63) is 125 Å². The summed E-state index contributed by atoms with van der Waals surface area (Å²) >= 11 is 0. The Balaban J connectivity index is 1.35. The topological polar surface area (TPSA) is 94.8 Å². The number of carbonyl (C=O) groups is 2. The zero-order chi connectivity index (χ0) is 25.6. The van der Waals surface area contributed by atoms with Gasteiger partial charge >= 0.3 is 17.7 Å². The summed E-state index contributed by atoms with van der Waals surface area (Å²) in [7, 11) is 0. The number of hydrogen-bond donors (Lipinski definition) is 1. The first-order chi connectivity index (χ1) is 18.1. The quantitative estimate of drug-likeness (QED) is 0.141. The Morgan fingerprint density at radius 2 is 1.41 bits per heavy atom. The van der Waals surface area contributed by atoms with Gasteiger partial charge in [0.25, 0.3) is 0 Å². The molecule has 0 saturated carbocycles. The Bertz CT molecular complexity index is 1610. The van der Waals surface area contributed by atoms with Crippen LogP contribution in [0.1, 0.15) is 11.1 Å². The maximum absolute atomic E-state index is 13.2. The zero-order valence-electron chi connectivity index (χ0n) is 19.8. The second-order valence-corrected chi connectivity index (χ2v) is 8.46. The molecule has 0 aliphatic rings. The van der Waals surface area contributed by atoms with Crippen molar-refractivity contribution >= 4 is 33.8 Å². The minimum absolute atomic E-state index is 0.0669. The van der Waals surface area contributed by atoms with Gasteiger partial charge in [-0.1, -0.05) is 78.9 Å². The van der Waals surface area contributed by atoms with Crippen LogP contribution in [0.5, 0.6) is 5.75 Å². The van der Waals surface area contributed by atoms with E-state index in [1.54, 1.807) is 24.3 Å². The van der Waals surface area contributed by atoms with Gasteiger partial charge in [-0.05, 0) is 34.7 Å². The molecule has 0 radical (unpaired) electrons. The highest BCUT2D eigenvalue weighted by molar-refractivity contribution is 6.04. The van der Waals surface area contributed by atoms with Gasteiger partial charge in [-0.15, -0.1) is 0 Å². The van der Waals surface area contributed by atoms with Crippen LogP contribution in [0.4, 0.5) is 4.79 Å². The molecule has 5 aromatic rings. The number of ether oxygens (including phenoxy) is 2. The van der Waals surface area contributed by atoms with E-state index in [1.165, 1.54) is 6.07 Å². The summed E-state index contributed by atoms with van der Waals surface area (Å²) in [5.74, 6) is -0.489. The molecule has 0 bridgehead atoms. The van der Waals surface area contributed by atoms with Crippen LogP contribution in [0.15, 0.2) is 112 Å². The average Bonchev–Trinajstić information content (AvgIpc) is 2.93. The zero-order valence-corrected chi connectivity index (χ0v) is 19.8. The molecule has 0 spiro atoms. The highest BCUT2D eigenvalue weighted by Gasteiger charge is 2.24. The van der Waals surface area contributed by atoms with Gasteiger partial charge in [0.1, 0.15) is 24.0 Å². The third-order valence-corrected chi connectivity index (χ3v) is 5.88. The van der Waals surface area contributed by atoms with Crippen molar-refractivity contribution in [3.8, 4) is 5.75 Å². The van der Waals surface area contributed by atoms with Crippen molar-refractivity contribution in [1.29, 1.82) is 0 Å². The molecule has 0 fully saturated rings. The van der Waals surface area contributed by atoms with Gasteiger partial charge in [0.05, 0.1) is 5.39 Å². The molecule has 184 valence electrons. The van der Waals surface area contributed by atoms with E-state index in [-0.39, 0.29) is 18.8 Å². The maximum atomic E-state index is 13.2. The number of esters is 1. The summed E-state index contributed by atoms with van der Waals surface area (Å²) in [6.45, 7) is 0.0669. The number of carbonyl (C=O) groups excluding carboxylic acids is 2. The van der Waals surface area contributed by atoms with Crippen LogP contribution in [-0.2, 0) is 22.6 Å². The number of hydrogen-bond acceptors (Lipinski definition) is 6. The SMILES string of the molecule is O=C(N[C@H](Cc1ccccc1)C(=O)Oc1ccc2c(c1)oc(=O)c1ccccc12)OCc1ccccc1. The molecular weight excluding hydrogens is 470 g/mol. The molecule has 1 atom stereocenters. The molecule has 1 amide bonds. The van der Waals surface area contributed by atoms with Crippen LogP contribution in [-0.4, -0.2) is 18.1 Å². The molecule has 37 heavy (non-hydrogen) atoms. The standard InChI is InChI=1S/C30H23NO6/c32-28-25-14-8-7-13-23(25)24-16-15-22(18-27(24)37-28)36-29(33)26(17-20-9-3-1-4-10-20)31-30(34)35-19-21-11-5-2-6-12-21/h1-16,18,26H,17,19H2,(H,31,34)/t26-/m1/s1. The van der Waals surface area contributed by atoms with Gasteiger partial charge < -0.3 is 19.2 Å². The summed E-state index contributed by atoms with van der Waals surface area (Å²) in [6, 6.07) is 29.5. The molecule has 1 heterocycles. The second-order valence-electron chi connectivity index (χ2n) is 8.46. The van der Waals surface area contributed by atoms with Crippen LogP contribution in [0.3, 0.4) is 0 Å². The fourth-order valence-corrected chi connectivity index (χ4v) is 4.06. The molecular formula is C30H23NO6. The minimum Gasteiger partial charge on any atom is -0.445 e. The highest BCUT2D eigenvalue weighted by atomic mass is 16.6. The first-order valence-electron chi connectivity index (χ1n) is 11.8. The van der Waals surface area contributed by atoms with Crippen molar-refractivity contribution in [2.24, 2.45) is 0 Å². The van der Waals surface area contributed by atoms with E-state index in [0.29, 0.717) is 11.0 Å². The van der Waals surface area contributed by atoms with E-state index in [4.69, 9.17) is 13.9 Å². The van der Waals surface area contributed by atoms with E-state index in [1.807, 2.05) is 72.8 Å². The maximum Gasteiger partial charge on any atom is 0.408 e. The van der Waals surface area contributed by atoms with Crippen molar-refractivity contribution in [2.45, 2.75) is 19.1 Å². The van der Waals surface area contributed by atoms with E-state index in [0.717, 1.165) is 21.9 Å². The predicted octanol–water partition coefficient (Wildman–Crippen LogP) is 5.39. The predicted molar refractivity (Wildman–Crippen MR) is 139 cm³/mol. The Hall–Kier alpha value is -4.91. The summed E-state index contributed by atoms with van der Waals surface area (Å²) in [6.07, 6.45) is -0.536. The molecule has 0 unspecified atom stereocenters. The normalized spacial score (nSPS) is 11.7. The second kappa shape index (κ2) is 10.8. The summed E-state index contributed by atoms with van der Waals surface area (Å²) in [4.78, 5) is 38.1. The first-order valence-corrected chi connectivity index (χ1v) is 11.8. The third-order valence-electron chi connectivity index (χ3n) is 5.88. The summed E-state index contributed by atoms with van der Waals surface area (Å²) in [5.41, 5.74) is 1.48. The van der Waals surface area contributed by atoms with E-state index in [2.05, 4.69) is 5.32 Å². The van der Waals surface area contributed by atoms with Crippen LogP contribution in [0.25, 0.3) is 21.7 Å². The number of amides is 1. The van der Waals surface area contributed by atoms with Gasteiger partial charge in [-0.2, -0.15) is 0 Å². The van der Waals surface area contributed by atoms with Crippen LogP contribution >= 0.6 is 0 Å². The molecule has 7 heteroatoms. The summed E-state index contributed by atoms with van der Waals surface area (Å²) in [5, 5.41) is 4.56. The lowest BCUT2D eigenvalue weighted by atomic mass is 10.1. The van der Waals surface area contributed by atoms with Crippen LogP contribution in [0.2, 0.25) is 0 Å². The Labute approximate surface area is 212 Å². The van der Waals surface area contributed by atoms with Gasteiger partial charge in [0.15, 0.2) is 0 Å². The number of alkyl carbamates (subject to hydrolysis) is 1. The molecule has 4 aromatic carbocycles. The monoisotopic (exact) mass is 493 g/mol. The van der Waals surface area contributed by atoms with E-state index >= 15 is 0 Å². The van der Waals surface area contributed by atoms with Gasteiger partial charge in [-0.25, -0.2) is 14.4 Å². The number of fused-ring (bicyclic) bond motifs is 3. The average molecular weight is 494 g/mol. The number of nitrogens with one attached hydrogen (secondary N) is 1. The van der Waals surface area contributed by atoms with Crippen molar-refractivity contribution in [3.63, 3.8) is 0 Å². The Morgan fingerprint density at radius 3 is 2.14 bits per heavy atom. The number of rotatable bonds is 7. The van der Waals surface area contributed by atoms with E-state index in [9.17, 15) is 14.4 Å². The lowest BCUT2D eigenvalue weighted by Gasteiger charge is -2.18. The molecule has 7 nitrogen and oxygen atoms in total.